The zero-order chi connectivity index (χ0) is 11.7. The van der Waals surface area contributed by atoms with Crippen molar-refractivity contribution in [1.82, 2.24) is 9.78 Å². The van der Waals surface area contributed by atoms with Crippen molar-refractivity contribution < 1.29 is 0 Å². The van der Waals surface area contributed by atoms with Gasteiger partial charge in [-0.2, -0.15) is 5.10 Å². The lowest BCUT2D eigenvalue weighted by Gasteiger charge is -2.17. The number of rotatable bonds is 4. The van der Waals surface area contributed by atoms with Crippen molar-refractivity contribution in [2.75, 3.05) is 11.9 Å². The van der Waals surface area contributed by atoms with E-state index in [4.69, 9.17) is 17.3 Å². The molecule has 88 valence electrons. The minimum atomic E-state index is -0.293. The van der Waals surface area contributed by atoms with Gasteiger partial charge < -0.3 is 11.1 Å². The molecule has 5 nitrogen and oxygen atoms in total. The Hall–Kier alpha value is -1.07. The van der Waals surface area contributed by atoms with E-state index in [-0.39, 0.29) is 16.6 Å². The Bertz CT molecular complexity index is 441. The van der Waals surface area contributed by atoms with E-state index in [0.29, 0.717) is 18.2 Å². The highest BCUT2D eigenvalue weighted by Gasteiger charge is 2.30. The van der Waals surface area contributed by atoms with Gasteiger partial charge in [0.05, 0.1) is 11.9 Å². The lowest BCUT2D eigenvalue weighted by molar-refractivity contribution is 0.640. The van der Waals surface area contributed by atoms with Crippen LogP contribution >= 0.6 is 11.6 Å². The molecule has 0 saturated heterocycles. The molecule has 1 aromatic rings. The van der Waals surface area contributed by atoms with Crippen LogP contribution in [-0.4, -0.2) is 22.4 Å². The third-order valence-corrected chi connectivity index (χ3v) is 3.23. The van der Waals surface area contributed by atoms with Crippen molar-refractivity contribution in [3.63, 3.8) is 0 Å². The largest absolute Gasteiger partial charge is 0.378 e. The van der Waals surface area contributed by atoms with E-state index in [0.717, 1.165) is 0 Å². The molecular weight excluding hydrogens is 228 g/mol. The van der Waals surface area contributed by atoms with E-state index < -0.39 is 0 Å². The highest BCUT2D eigenvalue weighted by molar-refractivity contribution is 6.32. The predicted octanol–water partition coefficient (Wildman–Crippen LogP) is 0.583. The molecule has 1 aromatic heterocycles. The van der Waals surface area contributed by atoms with E-state index in [2.05, 4.69) is 10.4 Å². The molecule has 0 bridgehead atoms. The maximum atomic E-state index is 11.5. The monoisotopic (exact) mass is 242 g/mol. The molecule has 1 saturated carbocycles. The van der Waals surface area contributed by atoms with Crippen LogP contribution in [0, 0.1) is 5.92 Å². The van der Waals surface area contributed by atoms with Gasteiger partial charge in [-0.3, -0.25) is 4.79 Å². The quantitative estimate of drug-likeness (QED) is 0.810. The Kier molecular flexibility index (Phi) is 3.16. The lowest BCUT2D eigenvalue weighted by Crippen LogP contribution is -2.32. The summed E-state index contributed by atoms with van der Waals surface area (Å²) < 4.78 is 1.21. The normalized spacial score (nSPS) is 17.2. The highest BCUT2D eigenvalue weighted by Crippen LogP contribution is 2.34. The molecule has 1 aliphatic rings. The van der Waals surface area contributed by atoms with E-state index in [9.17, 15) is 4.79 Å². The first-order valence-electron chi connectivity index (χ1n) is 5.32. The third kappa shape index (κ3) is 2.20. The Balaban J connectivity index is 2.20. The SMILES string of the molecule is Cn1ncc(NC(CN)C2CC2)c(Cl)c1=O. The minimum Gasteiger partial charge on any atom is -0.378 e. The van der Waals surface area contributed by atoms with Crippen LogP contribution in [-0.2, 0) is 7.05 Å². The fourth-order valence-corrected chi connectivity index (χ4v) is 1.90. The van der Waals surface area contributed by atoms with E-state index in [1.165, 1.54) is 17.5 Å². The summed E-state index contributed by atoms with van der Waals surface area (Å²) in [4.78, 5) is 11.5. The van der Waals surface area contributed by atoms with Crippen molar-refractivity contribution in [2.24, 2.45) is 18.7 Å². The van der Waals surface area contributed by atoms with Gasteiger partial charge in [0.1, 0.15) is 5.02 Å². The summed E-state index contributed by atoms with van der Waals surface area (Å²) >= 11 is 5.95. The van der Waals surface area contributed by atoms with Crippen molar-refractivity contribution in [1.29, 1.82) is 0 Å². The highest BCUT2D eigenvalue weighted by atomic mass is 35.5. The zero-order valence-corrected chi connectivity index (χ0v) is 9.87. The number of nitrogens with zero attached hydrogens (tertiary/aromatic N) is 2. The first kappa shape index (κ1) is 11.4. The molecule has 1 fully saturated rings. The molecule has 0 spiro atoms. The molecule has 0 aliphatic heterocycles. The maximum Gasteiger partial charge on any atom is 0.287 e. The lowest BCUT2D eigenvalue weighted by atomic mass is 10.2. The molecular formula is C10H15ClN4O. The van der Waals surface area contributed by atoms with Gasteiger partial charge in [0.25, 0.3) is 5.56 Å². The van der Waals surface area contributed by atoms with Gasteiger partial charge in [-0.15, -0.1) is 0 Å². The first-order valence-corrected chi connectivity index (χ1v) is 5.69. The Morgan fingerprint density at radius 3 is 3.00 bits per heavy atom. The van der Waals surface area contributed by atoms with E-state index in [1.807, 2.05) is 0 Å². The summed E-state index contributed by atoms with van der Waals surface area (Å²) in [5, 5.41) is 7.29. The second-order valence-corrected chi connectivity index (χ2v) is 4.50. The minimum absolute atomic E-state index is 0.177. The van der Waals surface area contributed by atoms with Crippen LogP contribution in [0.25, 0.3) is 0 Å². The van der Waals surface area contributed by atoms with E-state index in [1.54, 1.807) is 13.2 Å². The molecule has 3 N–H and O–H groups in total. The van der Waals surface area contributed by atoms with Gasteiger partial charge >= 0.3 is 0 Å². The summed E-state index contributed by atoms with van der Waals surface area (Å²) in [5.41, 5.74) is 5.95. The molecule has 0 aromatic carbocycles. The van der Waals surface area contributed by atoms with Crippen LogP contribution in [0.3, 0.4) is 0 Å². The van der Waals surface area contributed by atoms with Gasteiger partial charge in [-0.25, -0.2) is 4.68 Å². The summed E-state index contributed by atoms with van der Waals surface area (Å²) in [6.45, 7) is 0.538. The summed E-state index contributed by atoms with van der Waals surface area (Å²) in [5.74, 6) is 0.602. The topological polar surface area (TPSA) is 72.9 Å². The van der Waals surface area contributed by atoms with Crippen LogP contribution in [0.5, 0.6) is 0 Å². The maximum absolute atomic E-state index is 11.5. The van der Waals surface area contributed by atoms with Crippen molar-refractivity contribution in [2.45, 2.75) is 18.9 Å². The van der Waals surface area contributed by atoms with Crippen LogP contribution in [0.4, 0.5) is 5.69 Å². The predicted molar refractivity (Wildman–Crippen MR) is 63.7 cm³/mol. The molecule has 1 aliphatic carbocycles. The Morgan fingerprint density at radius 1 is 1.75 bits per heavy atom. The summed E-state index contributed by atoms with van der Waals surface area (Å²) in [6.07, 6.45) is 3.93. The summed E-state index contributed by atoms with van der Waals surface area (Å²) in [6, 6.07) is 0.186. The van der Waals surface area contributed by atoms with Crippen molar-refractivity contribution in [3.05, 3.63) is 21.6 Å². The standard InChI is InChI=1S/C10H15ClN4O/c1-15-10(16)9(11)8(5-13-15)14-7(4-12)6-2-3-6/h5-7,14H,2-4,12H2,1H3. The van der Waals surface area contributed by atoms with Gasteiger partial charge in [-0.1, -0.05) is 11.6 Å². The van der Waals surface area contributed by atoms with Crippen LogP contribution in [0.2, 0.25) is 5.02 Å². The molecule has 1 unspecified atom stereocenters. The number of nitrogens with two attached hydrogens (primary N) is 1. The molecule has 2 rings (SSSR count). The van der Waals surface area contributed by atoms with E-state index >= 15 is 0 Å². The van der Waals surface area contributed by atoms with Crippen molar-refractivity contribution in [3.8, 4) is 0 Å². The van der Waals surface area contributed by atoms with Crippen molar-refractivity contribution >= 4 is 17.3 Å². The number of aromatic nitrogens is 2. The van der Waals surface area contributed by atoms with Crippen LogP contribution < -0.4 is 16.6 Å². The van der Waals surface area contributed by atoms with Crippen LogP contribution in [0.1, 0.15) is 12.8 Å². The number of hydrogen-bond acceptors (Lipinski definition) is 4. The Morgan fingerprint density at radius 2 is 2.44 bits per heavy atom. The summed E-state index contributed by atoms with van der Waals surface area (Å²) in [7, 11) is 1.57. The first-order chi connectivity index (χ1) is 7.63. The second-order valence-electron chi connectivity index (χ2n) is 4.12. The van der Waals surface area contributed by atoms with Crippen LogP contribution in [0.15, 0.2) is 11.0 Å². The number of anilines is 1. The number of aryl methyl sites for hydroxylation is 1. The average Bonchev–Trinajstić information content (AvgIpc) is 3.09. The molecule has 1 atom stereocenters. The average molecular weight is 243 g/mol. The fourth-order valence-electron chi connectivity index (χ4n) is 1.68. The van der Waals surface area contributed by atoms with Gasteiger partial charge in [-0.05, 0) is 18.8 Å². The number of halogens is 1. The van der Waals surface area contributed by atoms with Gasteiger partial charge in [0.2, 0.25) is 0 Å². The smallest absolute Gasteiger partial charge is 0.287 e. The van der Waals surface area contributed by atoms with Gasteiger partial charge in [0.15, 0.2) is 0 Å². The fraction of sp³-hybridized carbons (Fsp3) is 0.600. The molecule has 0 radical (unpaired) electrons. The zero-order valence-electron chi connectivity index (χ0n) is 9.11. The molecule has 0 amide bonds. The third-order valence-electron chi connectivity index (χ3n) is 2.86. The molecule has 1 heterocycles. The van der Waals surface area contributed by atoms with Gasteiger partial charge in [0, 0.05) is 19.6 Å². The Labute approximate surface area is 98.6 Å². The second kappa shape index (κ2) is 4.43. The number of nitrogens with one attached hydrogen (secondary N) is 1. The molecule has 16 heavy (non-hydrogen) atoms. The molecule has 6 heteroatoms. The number of hydrogen-bond donors (Lipinski definition) is 2.